The van der Waals surface area contributed by atoms with Gasteiger partial charge in [-0.25, -0.2) is 0 Å². The van der Waals surface area contributed by atoms with Gasteiger partial charge in [0.05, 0.1) is 0 Å². The van der Waals surface area contributed by atoms with Crippen molar-refractivity contribution in [2.75, 3.05) is 30.3 Å². The standard InChI is InChI=1S/C19H23N7OS/c27-19(20-11-4-14-28-16-5-2-1-3-6-16)15-9-12-25(13-10-15)18-8-7-17-21-23-24-26(17)22-18/h1-3,5-8,15H,4,9-14H2,(H,20,27). The zero-order valence-corrected chi connectivity index (χ0v) is 16.4. The molecule has 1 N–H and O–H groups in total. The highest BCUT2D eigenvalue weighted by atomic mass is 32.2. The molecular formula is C19H23N7OS. The van der Waals surface area contributed by atoms with Gasteiger partial charge in [-0.1, -0.05) is 18.2 Å². The van der Waals surface area contributed by atoms with Crippen LogP contribution in [0.25, 0.3) is 5.65 Å². The van der Waals surface area contributed by atoms with E-state index in [0.29, 0.717) is 5.65 Å². The number of thioether (sulfide) groups is 1. The van der Waals surface area contributed by atoms with E-state index in [2.05, 4.69) is 43.0 Å². The van der Waals surface area contributed by atoms with E-state index in [0.717, 1.165) is 50.5 Å². The van der Waals surface area contributed by atoms with E-state index in [1.165, 1.54) is 9.53 Å². The third kappa shape index (κ3) is 4.59. The van der Waals surface area contributed by atoms with Gasteiger partial charge in [0.15, 0.2) is 11.5 Å². The van der Waals surface area contributed by atoms with E-state index >= 15 is 0 Å². The van der Waals surface area contributed by atoms with Crippen LogP contribution in [0, 0.1) is 5.92 Å². The minimum atomic E-state index is 0.0785. The molecule has 0 bridgehead atoms. The predicted octanol–water partition coefficient (Wildman–Crippen LogP) is 2.03. The van der Waals surface area contributed by atoms with Crippen molar-refractivity contribution in [1.29, 1.82) is 0 Å². The number of carbonyl (C=O) groups excluding carboxylic acids is 1. The molecule has 1 saturated heterocycles. The lowest BCUT2D eigenvalue weighted by atomic mass is 9.96. The second-order valence-electron chi connectivity index (χ2n) is 6.79. The van der Waals surface area contributed by atoms with Crippen molar-refractivity contribution in [3.8, 4) is 0 Å². The monoisotopic (exact) mass is 397 g/mol. The Morgan fingerprint density at radius 2 is 1.96 bits per heavy atom. The van der Waals surface area contributed by atoms with Crippen LogP contribution < -0.4 is 10.2 Å². The van der Waals surface area contributed by atoms with Crippen molar-refractivity contribution in [3.63, 3.8) is 0 Å². The van der Waals surface area contributed by atoms with Gasteiger partial charge in [0, 0.05) is 30.4 Å². The molecule has 28 heavy (non-hydrogen) atoms. The van der Waals surface area contributed by atoms with E-state index in [1.54, 1.807) is 0 Å². The Kier molecular flexibility index (Phi) is 6.01. The summed E-state index contributed by atoms with van der Waals surface area (Å²) < 4.78 is 1.43. The van der Waals surface area contributed by atoms with E-state index in [-0.39, 0.29) is 11.8 Å². The van der Waals surface area contributed by atoms with E-state index < -0.39 is 0 Å². The van der Waals surface area contributed by atoms with Gasteiger partial charge in [0.25, 0.3) is 0 Å². The van der Waals surface area contributed by atoms with Crippen molar-refractivity contribution >= 4 is 29.1 Å². The average Bonchev–Trinajstić information content (AvgIpc) is 3.22. The minimum Gasteiger partial charge on any atom is -0.356 e. The van der Waals surface area contributed by atoms with Crippen LogP contribution in [0.15, 0.2) is 47.4 Å². The number of nitrogens with one attached hydrogen (secondary N) is 1. The summed E-state index contributed by atoms with van der Waals surface area (Å²) in [6.45, 7) is 2.35. The fraction of sp³-hybridized carbons (Fsp3) is 0.421. The third-order valence-electron chi connectivity index (χ3n) is 4.88. The molecule has 9 heteroatoms. The summed E-state index contributed by atoms with van der Waals surface area (Å²) in [6.07, 6.45) is 2.64. The van der Waals surface area contributed by atoms with Crippen molar-refractivity contribution in [1.82, 2.24) is 30.6 Å². The number of aromatic nitrogens is 5. The SMILES string of the molecule is O=C(NCCCSc1ccccc1)C1CCN(c2ccc3nnnn3n2)CC1. The zero-order valence-electron chi connectivity index (χ0n) is 15.6. The van der Waals surface area contributed by atoms with Crippen LogP contribution in [-0.2, 0) is 4.79 Å². The molecule has 1 aliphatic rings. The summed E-state index contributed by atoms with van der Waals surface area (Å²) >= 11 is 1.83. The molecule has 3 aromatic rings. The normalized spacial score (nSPS) is 15.1. The van der Waals surface area contributed by atoms with Crippen molar-refractivity contribution in [2.45, 2.75) is 24.2 Å². The molecule has 1 amide bonds. The molecule has 146 valence electrons. The molecule has 8 nitrogen and oxygen atoms in total. The lowest BCUT2D eigenvalue weighted by Crippen LogP contribution is -2.41. The zero-order chi connectivity index (χ0) is 19.2. The number of rotatable bonds is 7. The lowest BCUT2D eigenvalue weighted by molar-refractivity contribution is -0.125. The summed E-state index contributed by atoms with van der Waals surface area (Å²) in [7, 11) is 0. The Labute approximate surface area is 167 Å². The minimum absolute atomic E-state index is 0.0785. The van der Waals surface area contributed by atoms with E-state index in [4.69, 9.17) is 0 Å². The van der Waals surface area contributed by atoms with Crippen molar-refractivity contribution < 1.29 is 4.79 Å². The maximum absolute atomic E-state index is 12.4. The number of tetrazole rings is 1. The maximum Gasteiger partial charge on any atom is 0.223 e. The van der Waals surface area contributed by atoms with Crippen LogP contribution in [0.4, 0.5) is 5.82 Å². The van der Waals surface area contributed by atoms with Crippen LogP contribution in [-0.4, -0.2) is 56.5 Å². The van der Waals surface area contributed by atoms with E-state index in [1.807, 2.05) is 42.1 Å². The maximum atomic E-state index is 12.4. The van der Waals surface area contributed by atoms with Gasteiger partial charge in [0.2, 0.25) is 5.91 Å². The summed E-state index contributed by atoms with van der Waals surface area (Å²) in [6, 6.07) is 14.1. The van der Waals surface area contributed by atoms with Gasteiger partial charge < -0.3 is 10.2 Å². The summed E-state index contributed by atoms with van der Waals surface area (Å²) in [5.74, 6) is 2.10. The number of fused-ring (bicyclic) bond motifs is 1. The Bertz CT molecular complexity index is 909. The Morgan fingerprint density at radius 3 is 2.79 bits per heavy atom. The predicted molar refractivity (Wildman–Crippen MR) is 108 cm³/mol. The summed E-state index contributed by atoms with van der Waals surface area (Å²) in [4.78, 5) is 15.9. The highest BCUT2D eigenvalue weighted by Gasteiger charge is 2.25. The second-order valence-corrected chi connectivity index (χ2v) is 7.95. The number of anilines is 1. The average molecular weight is 398 g/mol. The van der Waals surface area contributed by atoms with Crippen LogP contribution in [0.2, 0.25) is 0 Å². The number of nitrogens with zero attached hydrogens (tertiary/aromatic N) is 6. The molecule has 0 atom stereocenters. The van der Waals surface area contributed by atoms with Gasteiger partial charge in [0.1, 0.15) is 0 Å². The molecule has 0 spiro atoms. The third-order valence-corrected chi connectivity index (χ3v) is 5.98. The highest BCUT2D eigenvalue weighted by molar-refractivity contribution is 7.99. The first kappa shape index (κ1) is 18.7. The lowest BCUT2D eigenvalue weighted by Gasteiger charge is -2.31. The molecule has 0 saturated carbocycles. The van der Waals surface area contributed by atoms with Gasteiger partial charge >= 0.3 is 0 Å². The first-order valence-electron chi connectivity index (χ1n) is 9.55. The quantitative estimate of drug-likeness (QED) is 0.482. The Hall–Kier alpha value is -2.68. The first-order chi connectivity index (χ1) is 13.8. The summed E-state index contributed by atoms with van der Waals surface area (Å²) in [5.41, 5.74) is 0.628. The van der Waals surface area contributed by atoms with Gasteiger partial charge in [-0.05, 0) is 59.7 Å². The number of hydrogen-bond donors (Lipinski definition) is 1. The largest absolute Gasteiger partial charge is 0.356 e. The number of piperidine rings is 1. The van der Waals surface area contributed by atoms with Gasteiger partial charge in [-0.3, -0.25) is 4.79 Å². The topological polar surface area (TPSA) is 88.3 Å². The number of carbonyl (C=O) groups is 1. The number of amides is 1. The molecule has 1 aromatic carbocycles. The Morgan fingerprint density at radius 1 is 1.14 bits per heavy atom. The van der Waals surface area contributed by atoms with Crippen LogP contribution in [0.5, 0.6) is 0 Å². The van der Waals surface area contributed by atoms with Gasteiger partial charge in [-0.2, -0.15) is 0 Å². The molecule has 0 radical (unpaired) electrons. The summed E-state index contributed by atoms with van der Waals surface area (Å²) in [5, 5.41) is 18.8. The smallest absolute Gasteiger partial charge is 0.223 e. The van der Waals surface area contributed by atoms with Crippen LogP contribution >= 0.6 is 11.8 Å². The molecule has 1 fully saturated rings. The fourth-order valence-electron chi connectivity index (χ4n) is 3.31. The molecule has 3 heterocycles. The number of benzene rings is 1. The Balaban J connectivity index is 1.17. The van der Waals surface area contributed by atoms with Crippen molar-refractivity contribution in [2.24, 2.45) is 5.92 Å². The van der Waals surface area contributed by atoms with E-state index in [9.17, 15) is 4.79 Å². The molecular weight excluding hydrogens is 374 g/mol. The first-order valence-corrected chi connectivity index (χ1v) is 10.5. The second kappa shape index (κ2) is 9.01. The van der Waals surface area contributed by atoms with Crippen LogP contribution in [0.3, 0.4) is 0 Å². The molecule has 2 aromatic heterocycles. The molecule has 4 rings (SSSR count). The molecule has 0 aliphatic carbocycles. The van der Waals surface area contributed by atoms with Crippen molar-refractivity contribution in [3.05, 3.63) is 42.5 Å². The highest BCUT2D eigenvalue weighted by Crippen LogP contribution is 2.22. The molecule has 0 unspecified atom stereocenters. The molecule has 1 aliphatic heterocycles. The fourth-order valence-corrected chi connectivity index (χ4v) is 4.19. The van der Waals surface area contributed by atoms with Gasteiger partial charge in [-0.15, -0.1) is 26.6 Å². The number of hydrogen-bond acceptors (Lipinski definition) is 7. The van der Waals surface area contributed by atoms with Crippen LogP contribution in [0.1, 0.15) is 19.3 Å².